The third kappa shape index (κ3) is 2.99. The molecule has 0 radical (unpaired) electrons. The van der Waals surface area contributed by atoms with E-state index in [4.69, 9.17) is 0 Å². The molecule has 2 heterocycles. The van der Waals surface area contributed by atoms with E-state index < -0.39 is 0 Å². The van der Waals surface area contributed by atoms with Crippen LogP contribution in [-0.4, -0.2) is 24.7 Å². The second-order valence-electron chi connectivity index (χ2n) is 5.73. The van der Waals surface area contributed by atoms with Crippen molar-refractivity contribution in [3.8, 4) is 5.69 Å². The van der Waals surface area contributed by atoms with Crippen LogP contribution in [0.15, 0.2) is 66.0 Å². The minimum atomic E-state index is -0.156. The van der Waals surface area contributed by atoms with Gasteiger partial charge in [0.15, 0.2) is 0 Å². The van der Waals surface area contributed by atoms with Gasteiger partial charge >= 0.3 is 0 Å². The third-order valence-electron chi connectivity index (χ3n) is 4.02. The van der Waals surface area contributed by atoms with Gasteiger partial charge in [0, 0.05) is 0 Å². The fraction of sp³-hybridized carbons (Fsp3) is 0.111. The Balaban J connectivity index is 1.63. The summed E-state index contributed by atoms with van der Waals surface area (Å²) >= 11 is 0. The maximum Gasteiger partial charge on any atom is 0.260 e. The number of para-hydroxylation sites is 1. The summed E-state index contributed by atoms with van der Waals surface area (Å²) < 4.78 is 1.70. The van der Waals surface area contributed by atoms with E-state index >= 15 is 0 Å². The SMILES string of the molecule is CC(Nc1nc2ccccc2c(=O)[nH]1)c1cccc(-n2cncn2)c1. The number of benzene rings is 2. The van der Waals surface area contributed by atoms with E-state index in [1.165, 1.54) is 6.33 Å². The molecule has 0 saturated carbocycles. The Hall–Kier alpha value is -3.48. The summed E-state index contributed by atoms with van der Waals surface area (Å²) in [7, 11) is 0. The Kier molecular flexibility index (Phi) is 3.74. The van der Waals surface area contributed by atoms with E-state index in [0.29, 0.717) is 16.9 Å². The van der Waals surface area contributed by atoms with E-state index in [0.717, 1.165) is 11.3 Å². The van der Waals surface area contributed by atoms with E-state index in [2.05, 4.69) is 25.4 Å². The summed E-state index contributed by atoms with van der Waals surface area (Å²) in [6.07, 6.45) is 3.15. The number of hydrogen-bond donors (Lipinski definition) is 2. The number of nitrogens with zero attached hydrogens (tertiary/aromatic N) is 4. The Morgan fingerprint density at radius 3 is 2.88 bits per heavy atom. The van der Waals surface area contributed by atoms with Crippen LogP contribution in [0.2, 0.25) is 0 Å². The van der Waals surface area contributed by atoms with Gasteiger partial charge in [-0.3, -0.25) is 9.78 Å². The maximum atomic E-state index is 12.2. The van der Waals surface area contributed by atoms with Crippen LogP contribution in [0.3, 0.4) is 0 Å². The molecule has 0 amide bonds. The number of hydrogen-bond acceptors (Lipinski definition) is 5. The summed E-state index contributed by atoms with van der Waals surface area (Å²) in [4.78, 5) is 23.4. The highest BCUT2D eigenvalue weighted by Gasteiger charge is 2.10. The zero-order valence-electron chi connectivity index (χ0n) is 13.5. The fourth-order valence-electron chi connectivity index (χ4n) is 2.72. The quantitative estimate of drug-likeness (QED) is 0.600. The van der Waals surface area contributed by atoms with Gasteiger partial charge in [0.2, 0.25) is 5.95 Å². The van der Waals surface area contributed by atoms with Crippen LogP contribution in [0.4, 0.5) is 5.95 Å². The zero-order chi connectivity index (χ0) is 17.2. The van der Waals surface area contributed by atoms with Gasteiger partial charge in [0.25, 0.3) is 5.56 Å². The fourth-order valence-corrected chi connectivity index (χ4v) is 2.72. The second kappa shape index (κ2) is 6.20. The zero-order valence-corrected chi connectivity index (χ0v) is 13.5. The number of aromatic amines is 1. The molecule has 1 atom stereocenters. The van der Waals surface area contributed by atoms with Crippen LogP contribution in [0, 0.1) is 0 Å². The monoisotopic (exact) mass is 332 g/mol. The molecule has 4 rings (SSSR count). The third-order valence-corrected chi connectivity index (χ3v) is 4.02. The average molecular weight is 332 g/mol. The molecule has 0 bridgehead atoms. The smallest absolute Gasteiger partial charge is 0.260 e. The summed E-state index contributed by atoms with van der Waals surface area (Å²) in [6, 6.07) is 15.2. The molecule has 0 aliphatic carbocycles. The highest BCUT2D eigenvalue weighted by atomic mass is 16.1. The minimum absolute atomic E-state index is 0.0483. The summed E-state index contributed by atoms with van der Waals surface area (Å²) in [5, 5.41) is 7.97. The van der Waals surface area contributed by atoms with Gasteiger partial charge in [0.05, 0.1) is 22.6 Å². The first kappa shape index (κ1) is 15.1. The highest BCUT2D eigenvalue weighted by molar-refractivity contribution is 5.78. The Morgan fingerprint density at radius 2 is 2.04 bits per heavy atom. The van der Waals surface area contributed by atoms with Crippen molar-refractivity contribution >= 4 is 16.9 Å². The van der Waals surface area contributed by atoms with Crippen LogP contribution >= 0.6 is 0 Å². The Labute approximate surface area is 143 Å². The van der Waals surface area contributed by atoms with Crippen LogP contribution in [0.5, 0.6) is 0 Å². The standard InChI is InChI=1S/C18H16N6O/c1-12(13-5-4-6-14(9-13)24-11-19-10-20-24)21-18-22-16-8-3-2-7-15(16)17(25)23-18/h2-12H,1H3,(H2,21,22,23,25). The van der Waals surface area contributed by atoms with Gasteiger partial charge in [-0.15, -0.1) is 0 Å². The first-order valence-electron chi connectivity index (χ1n) is 7.91. The van der Waals surface area contributed by atoms with Crippen molar-refractivity contribution in [2.75, 3.05) is 5.32 Å². The lowest BCUT2D eigenvalue weighted by Gasteiger charge is -2.16. The topological polar surface area (TPSA) is 88.5 Å². The van der Waals surface area contributed by atoms with E-state index in [1.807, 2.05) is 49.4 Å². The maximum absolute atomic E-state index is 12.2. The number of fused-ring (bicyclic) bond motifs is 1. The lowest BCUT2D eigenvalue weighted by molar-refractivity contribution is 0.842. The second-order valence-corrected chi connectivity index (χ2v) is 5.73. The molecule has 1 unspecified atom stereocenters. The lowest BCUT2D eigenvalue weighted by atomic mass is 10.1. The average Bonchev–Trinajstić information content (AvgIpc) is 3.17. The molecule has 4 aromatic rings. The molecule has 0 saturated heterocycles. The molecular formula is C18H16N6O. The van der Waals surface area contributed by atoms with Crippen molar-refractivity contribution < 1.29 is 0 Å². The lowest BCUT2D eigenvalue weighted by Crippen LogP contribution is -2.15. The number of H-pyrrole nitrogens is 1. The van der Waals surface area contributed by atoms with Gasteiger partial charge in [0.1, 0.15) is 12.7 Å². The van der Waals surface area contributed by atoms with Crippen molar-refractivity contribution in [1.82, 2.24) is 24.7 Å². The van der Waals surface area contributed by atoms with Crippen LogP contribution < -0.4 is 10.9 Å². The van der Waals surface area contributed by atoms with Gasteiger partial charge in [-0.2, -0.15) is 5.10 Å². The Bertz CT molecular complexity index is 1070. The predicted octanol–water partition coefficient (Wildman–Crippen LogP) is 2.68. The molecule has 0 spiro atoms. The molecule has 2 N–H and O–H groups in total. The van der Waals surface area contributed by atoms with Crippen LogP contribution in [0.25, 0.3) is 16.6 Å². The normalized spacial score (nSPS) is 12.2. The largest absolute Gasteiger partial charge is 0.349 e. The van der Waals surface area contributed by atoms with E-state index in [-0.39, 0.29) is 11.6 Å². The first-order valence-corrected chi connectivity index (χ1v) is 7.91. The molecule has 0 aliphatic rings. The molecule has 2 aromatic carbocycles. The summed E-state index contributed by atoms with van der Waals surface area (Å²) in [6.45, 7) is 2.01. The van der Waals surface area contributed by atoms with Gasteiger partial charge in [-0.05, 0) is 36.8 Å². The number of rotatable bonds is 4. The minimum Gasteiger partial charge on any atom is -0.349 e. The van der Waals surface area contributed by atoms with Crippen molar-refractivity contribution in [1.29, 1.82) is 0 Å². The van der Waals surface area contributed by atoms with Gasteiger partial charge < -0.3 is 5.32 Å². The molecule has 7 heteroatoms. The number of anilines is 1. The highest BCUT2D eigenvalue weighted by Crippen LogP contribution is 2.20. The predicted molar refractivity (Wildman–Crippen MR) is 95.8 cm³/mol. The number of aromatic nitrogens is 5. The first-order chi connectivity index (χ1) is 12.2. The molecule has 124 valence electrons. The molecule has 2 aromatic heterocycles. The summed E-state index contributed by atoms with van der Waals surface area (Å²) in [5.41, 5.74) is 2.47. The van der Waals surface area contributed by atoms with Gasteiger partial charge in [-0.1, -0.05) is 24.3 Å². The molecular weight excluding hydrogens is 316 g/mol. The molecule has 0 fully saturated rings. The molecule has 25 heavy (non-hydrogen) atoms. The van der Waals surface area contributed by atoms with Crippen molar-refractivity contribution in [2.45, 2.75) is 13.0 Å². The molecule has 0 aliphatic heterocycles. The van der Waals surface area contributed by atoms with Crippen molar-refractivity contribution in [3.63, 3.8) is 0 Å². The van der Waals surface area contributed by atoms with Crippen LogP contribution in [-0.2, 0) is 0 Å². The van der Waals surface area contributed by atoms with Crippen LogP contribution in [0.1, 0.15) is 18.5 Å². The summed E-state index contributed by atoms with van der Waals surface area (Å²) in [5.74, 6) is 0.447. The van der Waals surface area contributed by atoms with Gasteiger partial charge in [-0.25, -0.2) is 14.6 Å². The molecule has 7 nitrogen and oxygen atoms in total. The van der Waals surface area contributed by atoms with E-state index in [9.17, 15) is 4.79 Å². The van der Waals surface area contributed by atoms with E-state index in [1.54, 1.807) is 17.1 Å². The number of nitrogens with one attached hydrogen (secondary N) is 2. The van der Waals surface area contributed by atoms with Crippen molar-refractivity contribution in [2.24, 2.45) is 0 Å². The van der Waals surface area contributed by atoms with Crippen molar-refractivity contribution in [3.05, 3.63) is 77.1 Å². The Morgan fingerprint density at radius 1 is 1.16 bits per heavy atom.